The fourth-order valence-corrected chi connectivity index (χ4v) is 4.51. The molecule has 2 aromatic rings. The minimum Gasteiger partial charge on any atom is -0.356 e. The lowest BCUT2D eigenvalue weighted by atomic mass is 9.97. The lowest BCUT2D eigenvalue weighted by molar-refractivity contribution is 0.176. The molecule has 0 amide bonds. The summed E-state index contributed by atoms with van der Waals surface area (Å²) in [6.07, 6.45) is 3.55. The molecular weight excluding hydrogens is 505 g/mol. The molecule has 7 heteroatoms. The van der Waals surface area contributed by atoms with E-state index in [0.717, 1.165) is 50.1 Å². The van der Waals surface area contributed by atoms with Crippen molar-refractivity contribution in [2.75, 3.05) is 33.7 Å². The number of thiazole rings is 1. The number of likely N-dealkylation sites (tertiary alicyclic amines) is 1. The Morgan fingerprint density at radius 2 is 1.90 bits per heavy atom. The number of rotatable bonds is 7. The van der Waals surface area contributed by atoms with E-state index >= 15 is 0 Å². The van der Waals surface area contributed by atoms with Gasteiger partial charge in [0, 0.05) is 39.1 Å². The molecule has 1 aliphatic rings. The molecule has 0 spiro atoms. The summed E-state index contributed by atoms with van der Waals surface area (Å²) in [6, 6.07) is 8.89. The Morgan fingerprint density at radius 3 is 2.47 bits per heavy atom. The molecule has 1 aliphatic heterocycles. The van der Waals surface area contributed by atoms with Crippen LogP contribution in [0, 0.1) is 12.8 Å². The Labute approximate surface area is 203 Å². The Bertz CT molecular complexity index is 781. The second kappa shape index (κ2) is 12.6. The van der Waals surface area contributed by atoms with E-state index in [1.54, 1.807) is 11.3 Å². The Balaban J connectivity index is 0.00000320. The van der Waals surface area contributed by atoms with E-state index in [0.29, 0.717) is 5.92 Å². The largest absolute Gasteiger partial charge is 0.356 e. The van der Waals surface area contributed by atoms with Crippen LogP contribution in [-0.2, 0) is 19.5 Å². The molecule has 1 aromatic heterocycles. The van der Waals surface area contributed by atoms with Gasteiger partial charge in [0.1, 0.15) is 0 Å². The van der Waals surface area contributed by atoms with Crippen LogP contribution in [0.25, 0.3) is 0 Å². The molecule has 1 N–H and O–H groups in total. The van der Waals surface area contributed by atoms with Crippen LogP contribution in [0.4, 0.5) is 0 Å². The van der Waals surface area contributed by atoms with Gasteiger partial charge in [0.2, 0.25) is 0 Å². The summed E-state index contributed by atoms with van der Waals surface area (Å²) < 4.78 is 0. The van der Waals surface area contributed by atoms with Crippen LogP contribution >= 0.6 is 35.3 Å². The minimum atomic E-state index is 0. The van der Waals surface area contributed by atoms with Crippen molar-refractivity contribution in [3.8, 4) is 0 Å². The Kier molecular flexibility index (Phi) is 10.5. The lowest BCUT2D eigenvalue weighted by Gasteiger charge is -2.32. The topological polar surface area (TPSA) is 43.8 Å². The van der Waals surface area contributed by atoms with Gasteiger partial charge in [-0.3, -0.25) is 9.89 Å². The Morgan fingerprint density at radius 1 is 1.23 bits per heavy atom. The molecule has 0 aliphatic carbocycles. The molecule has 166 valence electrons. The summed E-state index contributed by atoms with van der Waals surface area (Å²) in [5, 5.41) is 6.95. The Hall–Kier alpha value is -1.19. The van der Waals surface area contributed by atoms with E-state index in [9.17, 15) is 0 Å². The molecule has 0 unspecified atom stereocenters. The molecule has 30 heavy (non-hydrogen) atoms. The second-order valence-electron chi connectivity index (χ2n) is 8.03. The van der Waals surface area contributed by atoms with Crippen LogP contribution in [0.5, 0.6) is 0 Å². The maximum atomic E-state index is 4.60. The number of aliphatic imine (C=N–C) groups is 1. The summed E-state index contributed by atoms with van der Waals surface area (Å²) in [6.45, 7) is 9.44. The van der Waals surface area contributed by atoms with Crippen LogP contribution in [0.2, 0.25) is 0 Å². The minimum absolute atomic E-state index is 0. The predicted octanol–water partition coefficient (Wildman–Crippen LogP) is 4.55. The fourth-order valence-electron chi connectivity index (χ4n) is 3.91. The zero-order valence-electron chi connectivity index (χ0n) is 18.7. The number of nitrogens with zero attached hydrogens (tertiary/aromatic N) is 4. The van der Waals surface area contributed by atoms with Crippen LogP contribution in [0.15, 0.2) is 34.6 Å². The summed E-state index contributed by atoms with van der Waals surface area (Å²) >= 11 is 1.75. The van der Waals surface area contributed by atoms with Gasteiger partial charge in [0.05, 0.1) is 10.7 Å². The van der Waals surface area contributed by atoms with E-state index in [2.05, 4.69) is 75.6 Å². The lowest BCUT2D eigenvalue weighted by Crippen LogP contribution is -2.43. The van der Waals surface area contributed by atoms with Crippen molar-refractivity contribution in [2.24, 2.45) is 10.9 Å². The van der Waals surface area contributed by atoms with Crippen molar-refractivity contribution in [3.63, 3.8) is 0 Å². The van der Waals surface area contributed by atoms with E-state index in [1.165, 1.54) is 29.7 Å². The average molecular weight is 542 g/mol. The van der Waals surface area contributed by atoms with Gasteiger partial charge >= 0.3 is 0 Å². The van der Waals surface area contributed by atoms with E-state index in [1.807, 2.05) is 7.05 Å². The summed E-state index contributed by atoms with van der Waals surface area (Å²) in [5.41, 5.74) is 3.92. The molecule has 1 fully saturated rings. The van der Waals surface area contributed by atoms with Gasteiger partial charge in [-0.05, 0) is 56.3 Å². The molecule has 1 saturated heterocycles. The fraction of sp³-hybridized carbons (Fsp3) is 0.565. The van der Waals surface area contributed by atoms with Gasteiger partial charge in [-0.2, -0.15) is 0 Å². The van der Waals surface area contributed by atoms with E-state index < -0.39 is 0 Å². The maximum Gasteiger partial charge on any atom is 0.193 e. The molecule has 5 nitrogen and oxygen atoms in total. The monoisotopic (exact) mass is 541 g/mol. The third kappa shape index (κ3) is 7.50. The van der Waals surface area contributed by atoms with Gasteiger partial charge in [0.25, 0.3) is 0 Å². The van der Waals surface area contributed by atoms with Gasteiger partial charge in [0.15, 0.2) is 5.96 Å². The number of benzene rings is 1. The SMILES string of the molecule is CCc1ccc(CN(C)C(=NC)NCC2CCN(Cc3csc(C)n3)CC2)cc1.I. The summed E-state index contributed by atoms with van der Waals surface area (Å²) in [4.78, 5) is 13.8. The maximum absolute atomic E-state index is 4.60. The zero-order chi connectivity index (χ0) is 20.6. The predicted molar refractivity (Wildman–Crippen MR) is 139 cm³/mol. The molecule has 0 atom stereocenters. The van der Waals surface area contributed by atoms with Crippen molar-refractivity contribution in [1.29, 1.82) is 0 Å². The molecule has 0 radical (unpaired) electrons. The molecule has 0 saturated carbocycles. The molecule has 2 heterocycles. The number of aromatic nitrogens is 1. The first kappa shape index (κ1) is 25.1. The smallest absolute Gasteiger partial charge is 0.193 e. The number of hydrogen-bond donors (Lipinski definition) is 1. The first-order valence-electron chi connectivity index (χ1n) is 10.7. The van der Waals surface area contributed by atoms with Crippen molar-refractivity contribution in [2.45, 2.75) is 46.2 Å². The number of piperidine rings is 1. The van der Waals surface area contributed by atoms with E-state index in [-0.39, 0.29) is 24.0 Å². The highest BCUT2D eigenvalue weighted by molar-refractivity contribution is 14.0. The van der Waals surface area contributed by atoms with Crippen LogP contribution < -0.4 is 5.32 Å². The highest BCUT2D eigenvalue weighted by Crippen LogP contribution is 2.19. The number of aryl methyl sites for hydroxylation is 2. The van der Waals surface area contributed by atoms with Crippen molar-refractivity contribution in [1.82, 2.24) is 20.1 Å². The zero-order valence-corrected chi connectivity index (χ0v) is 21.9. The normalized spacial score (nSPS) is 15.7. The first-order valence-corrected chi connectivity index (χ1v) is 11.6. The highest BCUT2D eigenvalue weighted by atomic mass is 127. The summed E-state index contributed by atoms with van der Waals surface area (Å²) in [7, 11) is 3.99. The van der Waals surface area contributed by atoms with Gasteiger partial charge in [-0.25, -0.2) is 4.98 Å². The van der Waals surface area contributed by atoms with Crippen LogP contribution in [0.1, 0.15) is 41.6 Å². The number of nitrogens with one attached hydrogen (secondary N) is 1. The quantitative estimate of drug-likeness (QED) is 0.318. The van der Waals surface area contributed by atoms with Gasteiger partial charge < -0.3 is 10.2 Å². The molecule has 3 rings (SSSR count). The van der Waals surface area contributed by atoms with E-state index in [4.69, 9.17) is 0 Å². The molecule has 1 aromatic carbocycles. The van der Waals surface area contributed by atoms with Crippen molar-refractivity contribution < 1.29 is 0 Å². The third-order valence-electron chi connectivity index (χ3n) is 5.73. The summed E-state index contributed by atoms with van der Waals surface area (Å²) in [5.74, 6) is 1.68. The number of halogens is 1. The third-order valence-corrected chi connectivity index (χ3v) is 6.55. The van der Waals surface area contributed by atoms with Crippen LogP contribution in [0.3, 0.4) is 0 Å². The van der Waals surface area contributed by atoms with Gasteiger partial charge in [-0.15, -0.1) is 35.3 Å². The van der Waals surface area contributed by atoms with Crippen molar-refractivity contribution in [3.05, 3.63) is 51.5 Å². The first-order chi connectivity index (χ1) is 14.1. The van der Waals surface area contributed by atoms with Crippen molar-refractivity contribution >= 4 is 41.3 Å². The standard InChI is InChI=1S/C23H35N5S.HI/c1-5-19-6-8-21(9-7-19)15-27(4)23(24-3)25-14-20-10-12-28(13-11-20)16-22-17-29-18(2)26-22;/h6-9,17,20H,5,10-16H2,1-4H3,(H,24,25);1H. The van der Waals surface area contributed by atoms with Crippen LogP contribution in [-0.4, -0.2) is 54.5 Å². The number of guanidine groups is 1. The van der Waals surface area contributed by atoms with Gasteiger partial charge in [-0.1, -0.05) is 31.2 Å². The number of hydrogen-bond acceptors (Lipinski definition) is 4. The average Bonchev–Trinajstić information content (AvgIpc) is 3.15. The highest BCUT2D eigenvalue weighted by Gasteiger charge is 2.20. The second-order valence-corrected chi connectivity index (χ2v) is 9.09. The molecular formula is C23H36IN5S. The molecule has 0 bridgehead atoms.